The van der Waals surface area contributed by atoms with Crippen molar-refractivity contribution in [1.29, 1.82) is 0 Å². The van der Waals surface area contributed by atoms with Gasteiger partial charge in [0.2, 0.25) is 17.7 Å². The molecule has 0 saturated heterocycles. The SMILES string of the molecule is CC(=O)[C@@H](C)CCCCNC(=O)CC[C@H](NC(=O)CC[C@H](CC(=O)CC[C@H](NC(=O)CC[C@H](CC(=O)CCCCCCCCCCCCCCC(=O)O)C(=O)O)C(=O)O)C(=O)O)C(=O)O. The molecule has 8 N–H and O–H groups in total. The van der Waals surface area contributed by atoms with Crippen LogP contribution in [0.1, 0.15) is 187 Å². The minimum absolute atomic E-state index is 0.0764. The van der Waals surface area contributed by atoms with Gasteiger partial charge in [-0.3, -0.25) is 43.2 Å². The number of Topliss-reactive ketones (excluding diaryl/α,β-unsaturated/α-hetero) is 3. The van der Waals surface area contributed by atoms with Crippen LogP contribution in [0.2, 0.25) is 0 Å². The minimum Gasteiger partial charge on any atom is -0.481 e. The van der Waals surface area contributed by atoms with E-state index in [9.17, 15) is 73.2 Å². The second-order valence-corrected chi connectivity index (χ2v) is 17.1. The number of aliphatic carboxylic acids is 5. The Balaban J connectivity index is 4.62. The molecule has 19 nitrogen and oxygen atoms in total. The van der Waals surface area contributed by atoms with Gasteiger partial charge in [0, 0.05) is 63.8 Å². The zero-order chi connectivity index (χ0) is 49.2. The maximum absolute atomic E-state index is 12.7. The van der Waals surface area contributed by atoms with Crippen LogP contribution in [0.5, 0.6) is 0 Å². The van der Waals surface area contributed by atoms with E-state index in [1.54, 1.807) is 0 Å². The summed E-state index contributed by atoms with van der Waals surface area (Å²) in [6.07, 6.45) is 10.6. The van der Waals surface area contributed by atoms with Crippen molar-refractivity contribution in [3.05, 3.63) is 0 Å². The van der Waals surface area contributed by atoms with E-state index >= 15 is 0 Å². The molecule has 0 aromatic rings. The summed E-state index contributed by atoms with van der Waals surface area (Å²) in [5.74, 6) is -11.8. The zero-order valence-corrected chi connectivity index (χ0v) is 38.4. The number of nitrogens with one attached hydrogen (secondary N) is 3. The fraction of sp³-hybridized carbons (Fsp3) is 0.761. The van der Waals surface area contributed by atoms with Gasteiger partial charge in [0.05, 0.1) is 11.8 Å². The van der Waals surface area contributed by atoms with Gasteiger partial charge in [-0.05, 0) is 58.3 Å². The number of carboxylic acids is 5. The summed E-state index contributed by atoms with van der Waals surface area (Å²) < 4.78 is 0. The number of rotatable bonds is 43. The molecule has 0 fully saturated rings. The summed E-state index contributed by atoms with van der Waals surface area (Å²) in [6, 6.07) is -2.99. The fourth-order valence-electron chi connectivity index (χ4n) is 7.08. The van der Waals surface area contributed by atoms with Crippen molar-refractivity contribution >= 4 is 64.9 Å². The molecule has 0 radical (unpaired) electrons. The van der Waals surface area contributed by atoms with E-state index in [0.29, 0.717) is 25.8 Å². The molecule has 5 atom stereocenters. The Morgan fingerprint density at radius 3 is 1.18 bits per heavy atom. The summed E-state index contributed by atoms with van der Waals surface area (Å²) in [4.78, 5) is 132. The van der Waals surface area contributed by atoms with Crippen LogP contribution in [0, 0.1) is 17.8 Å². The van der Waals surface area contributed by atoms with Crippen LogP contribution in [0.25, 0.3) is 0 Å². The van der Waals surface area contributed by atoms with Gasteiger partial charge in [0.15, 0.2) is 0 Å². The number of unbranched alkanes of at least 4 members (excludes halogenated alkanes) is 12. The molecule has 19 heteroatoms. The van der Waals surface area contributed by atoms with Crippen molar-refractivity contribution in [2.75, 3.05) is 6.54 Å². The van der Waals surface area contributed by atoms with E-state index in [4.69, 9.17) is 5.11 Å². The second kappa shape index (κ2) is 36.0. The highest BCUT2D eigenvalue weighted by Crippen LogP contribution is 2.19. The number of carboxylic acid groups (broad SMARTS) is 5. The Morgan fingerprint density at radius 1 is 0.400 bits per heavy atom. The quantitative estimate of drug-likeness (QED) is 0.0344. The Labute approximate surface area is 382 Å². The van der Waals surface area contributed by atoms with Gasteiger partial charge in [0.25, 0.3) is 0 Å². The first-order chi connectivity index (χ1) is 30.7. The summed E-state index contributed by atoms with van der Waals surface area (Å²) in [5.41, 5.74) is 0. The van der Waals surface area contributed by atoms with Gasteiger partial charge in [-0.25, -0.2) is 9.59 Å². The predicted octanol–water partition coefficient (Wildman–Crippen LogP) is 5.62. The third-order valence-corrected chi connectivity index (χ3v) is 11.4. The third-order valence-electron chi connectivity index (χ3n) is 11.4. The van der Waals surface area contributed by atoms with Crippen LogP contribution < -0.4 is 16.0 Å². The maximum Gasteiger partial charge on any atom is 0.326 e. The predicted molar refractivity (Wildman–Crippen MR) is 237 cm³/mol. The fourth-order valence-corrected chi connectivity index (χ4v) is 7.08. The Morgan fingerprint density at radius 2 is 0.785 bits per heavy atom. The molecule has 0 heterocycles. The van der Waals surface area contributed by atoms with Crippen molar-refractivity contribution in [3.8, 4) is 0 Å². The monoisotopic (exact) mass is 926 g/mol. The smallest absolute Gasteiger partial charge is 0.326 e. The highest BCUT2D eigenvalue weighted by molar-refractivity contribution is 5.88. The van der Waals surface area contributed by atoms with Crippen LogP contribution in [-0.2, 0) is 52.7 Å². The molecule has 0 spiro atoms. The largest absolute Gasteiger partial charge is 0.481 e. The number of hydrogen-bond donors (Lipinski definition) is 8. The summed E-state index contributed by atoms with van der Waals surface area (Å²) in [5, 5.41) is 54.3. The number of carbonyl (C=O) groups is 11. The number of hydrogen-bond acceptors (Lipinski definition) is 11. The first-order valence-corrected chi connectivity index (χ1v) is 23.3. The molecule has 0 unspecified atom stereocenters. The molecule has 0 aromatic heterocycles. The van der Waals surface area contributed by atoms with Gasteiger partial charge in [-0.1, -0.05) is 77.6 Å². The summed E-state index contributed by atoms with van der Waals surface area (Å²) in [7, 11) is 0. The van der Waals surface area contributed by atoms with E-state index in [2.05, 4.69) is 16.0 Å². The first kappa shape index (κ1) is 59.8. The van der Waals surface area contributed by atoms with E-state index in [1.165, 1.54) is 6.92 Å². The topological polar surface area (TPSA) is 325 Å². The standard InChI is InChI=1S/C46H75N3O16/c1-31(32(2)50)17-15-16-28-47-39(53)27-24-38(46(64)65)49-41(55)26-21-34(44(60)61)30-36(52)22-23-37(45(62)63)48-40(54)25-20-33(43(58)59)29-35(51)18-13-11-9-7-5-3-4-6-8-10-12-14-19-42(56)57/h31,33-34,37-38H,3-30H2,1-2H3,(H,47,53)(H,48,54)(H,49,55)(H,56,57)(H,58,59)(H,60,61)(H,62,63)(H,64,65)/t31-,33+,34+,37-,38-/m0/s1. The van der Waals surface area contributed by atoms with Gasteiger partial charge >= 0.3 is 29.8 Å². The summed E-state index contributed by atoms with van der Waals surface area (Å²) in [6.45, 7) is 3.67. The highest BCUT2D eigenvalue weighted by atomic mass is 16.4. The molecule has 0 aliphatic rings. The Kier molecular flexibility index (Phi) is 33.1. The molecular formula is C46H75N3O16. The lowest BCUT2D eigenvalue weighted by Gasteiger charge is -2.17. The van der Waals surface area contributed by atoms with Crippen molar-refractivity contribution in [2.24, 2.45) is 17.8 Å². The Hall–Kier alpha value is -5.23. The molecular weight excluding hydrogens is 851 g/mol. The average molecular weight is 926 g/mol. The normalized spacial score (nSPS) is 13.3. The second-order valence-electron chi connectivity index (χ2n) is 17.1. The van der Waals surface area contributed by atoms with Gasteiger partial charge in [-0.15, -0.1) is 0 Å². The van der Waals surface area contributed by atoms with Crippen LogP contribution >= 0.6 is 0 Å². The lowest BCUT2D eigenvalue weighted by Crippen LogP contribution is -2.42. The molecule has 0 aromatic carbocycles. The molecule has 0 rings (SSSR count). The van der Waals surface area contributed by atoms with E-state index in [0.717, 1.165) is 77.0 Å². The van der Waals surface area contributed by atoms with Crippen molar-refractivity contribution in [3.63, 3.8) is 0 Å². The first-order valence-electron chi connectivity index (χ1n) is 23.3. The van der Waals surface area contributed by atoms with Crippen LogP contribution in [0.4, 0.5) is 0 Å². The van der Waals surface area contributed by atoms with Crippen LogP contribution in [0.15, 0.2) is 0 Å². The number of ketones is 3. The molecule has 0 aliphatic carbocycles. The van der Waals surface area contributed by atoms with Crippen LogP contribution in [-0.4, -0.2) is 109 Å². The Bertz CT molecular complexity index is 1550. The molecule has 370 valence electrons. The molecule has 65 heavy (non-hydrogen) atoms. The number of carbonyl (C=O) groups excluding carboxylic acids is 6. The molecule has 0 saturated carbocycles. The average Bonchev–Trinajstić information content (AvgIpc) is 3.23. The minimum atomic E-state index is -1.55. The maximum atomic E-state index is 12.7. The summed E-state index contributed by atoms with van der Waals surface area (Å²) >= 11 is 0. The zero-order valence-electron chi connectivity index (χ0n) is 38.4. The number of amides is 3. The molecule has 0 bridgehead atoms. The van der Waals surface area contributed by atoms with Gasteiger partial charge in [-0.2, -0.15) is 0 Å². The van der Waals surface area contributed by atoms with Gasteiger partial charge < -0.3 is 41.5 Å². The van der Waals surface area contributed by atoms with E-state index < -0.39 is 109 Å². The highest BCUT2D eigenvalue weighted by Gasteiger charge is 2.28. The molecule has 3 amide bonds. The van der Waals surface area contributed by atoms with Crippen LogP contribution in [0.3, 0.4) is 0 Å². The lowest BCUT2D eigenvalue weighted by atomic mass is 9.94. The molecule has 0 aliphatic heterocycles. The third kappa shape index (κ3) is 33.0. The van der Waals surface area contributed by atoms with E-state index in [1.807, 2.05) is 6.92 Å². The van der Waals surface area contributed by atoms with E-state index in [-0.39, 0.29) is 62.4 Å². The van der Waals surface area contributed by atoms with Crippen molar-refractivity contribution < 1.29 is 78.3 Å². The van der Waals surface area contributed by atoms with Gasteiger partial charge in [0.1, 0.15) is 29.4 Å². The lowest BCUT2D eigenvalue weighted by molar-refractivity contribution is -0.145. The van der Waals surface area contributed by atoms with Crippen molar-refractivity contribution in [2.45, 2.75) is 199 Å². The van der Waals surface area contributed by atoms with Crippen molar-refractivity contribution in [1.82, 2.24) is 16.0 Å².